The molecule has 0 atom stereocenters. The lowest BCUT2D eigenvalue weighted by molar-refractivity contribution is 0.672. The van der Waals surface area contributed by atoms with Gasteiger partial charge in [-0.25, -0.2) is 0 Å². The predicted molar refractivity (Wildman–Crippen MR) is 261 cm³/mol. The normalized spacial score (nSPS) is 11.6. The van der Waals surface area contributed by atoms with Crippen LogP contribution < -0.4 is 4.90 Å². The first-order valence-electron chi connectivity index (χ1n) is 20.7. The van der Waals surface area contributed by atoms with Crippen molar-refractivity contribution in [3.05, 3.63) is 224 Å². The van der Waals surface area contributed by atoms with Crippen LogP contribution in [0.4, 0.5) is 17.1 Å². The largest absolute Gasteiger partial charge is 0.455 e. The Morgan fingerprint density at radius 3 is 1.80 bits per heavy atom. The average molecular weight is 796 g/mol. The summed E-state index contributed by atoms with van der Waals surface area (Å²) < 4.78 is 9.34. The van der Waals surface area contributed by atoms with Gasteiger partial charge in [-0.1, -0.05) is 164 Å². The van der Waals surface area contributed by atoms with Crippen LogP contribution in [0.25, 0.3) is 97.4 Å². The van der Waals surface area contributed by atoms with Gasteiger partial charge in [0.1, 0.15) is 11.2 Å². The summed E-state index contributed by atoms with van der Waals surface area (Å²) in [7, 11) is 0. The summed E-state index contributed by atoms with van der Waals surface area (Å²) >= 11 is 1.86. The lowest BCUT2D eigenvalue weighted by atomic mass is 9.91. The summed E-state index contributed by atoms with van der Waals surface area (Å²) in [6.45, 7) is 0. The molecule has 0 saturated carbocycles. The Kier molecular flexibility index (Phi) is 8.39. The number of thiophene rings is 1. The van der Waals surface area contributed by atoms with Crippen molar-refractivity contribution >= 4 is 81.3 Å². The standard InChI is InChI=1S/C58H37NOS/c1-3-13-39(14-4-1)47-32-28-43(36-52(47)40-15-5-2-6-16-40)38-25-30-45(31-26-38)59(53-22-12-23-54-57(53)51-34-27-41-17-7-8-20-48(41)58(51)60-54)46-19-11-18-42(35-46)44-29-33-50-49-21-9-10-24-55(49)61-56(50)37-44/h1-37H. The minimum atomic E-state index is 0.865. The highest BCUT2D eigenvalue weighted by Crippen LogP contribution is 2.46. The number of hydrogen-bond acceptors (Lipinski definition) is 3. The molecule has 61 heavy (non-hydrogen) atoms. The molecule has 12 aromatic rings. The van der Waals surface area contributed by atoms with Crippen molar-refractivity contribution in [2.45, 2.75) is 0 Å². The molecule has 3 heteroatoms. The van der Waals surface area contributed by atoms with E-state index >= 15 is 0 Å². The van der Waals surface area contributed by atoms with Crippen LogP contribution in [0.1, 0.15) is 0 Å². The molecular formula is C58H37NOS. The molecule has 286 valence electrons. The molecule has 0 unspecified atom stereocenters. The average Bonchev–Trinajstić information content (AvgIpc) is 3.91. The fourth-order valence-corrected chi connectivity index (χ4v) is 10.3. The monoisotopic (exact) mass is 795 g/mol. The number of anilines is 3. The molecule has 2 aromatic heterocycles. The third-order valence-electron chi connectivity index (χ3n) is 12.1. The maximum absolute atomic E-state index is 6.73. The molecule has 12 rings (SSSR count). The highest BCUT2D eigenvalue weighted by molar-refractivity contribution is 7.25. The fraction of sp³-hybridized carbons (Fsp3) is 0. The Hall–Kier alpha value is -7.72. The second kappa shape index (κ2) is 14.5. The van der Waals surface area contributed by atoms with Gasteiger partial charge < -0.3 is 9.32 Å². The van der Waals surface area contributed by atoms with E-state index in [1.165, 1.54) is 64.5 Å². The van der Waals surface area contributed by atoms with E-state index in [1.807, 2.05) is 11.3 Å². The van der Waals surface area contributed by atoms with E-state index in [2.05, 4.69) is 229 Å². The summed E-state index contributed by atoms with van der Waals surface area (Å²) in [5, 5.41) is 7.09. The quantitative estimate of drug-likeness (QED) is 0.160. The summed E-state index contributed by atoms with van der Waals surface area (Å²) in [5.41, 5.74) is 14.5. The first kappa shape index (κ1) is 35.2. The summed E-state index contributed by atoms with van der Waals surface area (Å²) in [6, 6.07) is 81.1. The number of fused-ring (bicyclic) bond motifs is 8. The summed E-state index contributed by atoms with van der Waals surface area (Å²) in [5.74, 6) is 0. The van der Waals surface area contributed by atoms with E-state index < -0.39 is 0 Å². The maximum atomic E-state index is 6.73. The second-order valence-electron chi connectivity index (χ2n) is 15.6. The zero-order valence-corrected chi connectivity index (χ0v) is 33.9. The topological polar surface area (TPSA) is 16.4 Å². The third-order valence-corrected chi connectivity index (χ3v) is 13.2. The van der Waals surface area contributed by atoms with Crippen LogP contribution in [-0.2, 0) is 0 Å². The first-order valence-corrected chi connectivity index (χ1v) is 21.6. The van der Waals surface area contributed by atoms with Gasteiger partial charge in [-0.2, -0.15) is 0 Å². The molecule has 0 fully saturated rings. The minimum Gasteiger partial charge on any atom is -0.455 e. The van der Waals surface area contributed by atoms with E-state index in [0.29, 0.717) is 0 Å². The van der Waals surface area contributed by atoms with Gasteiger partial charge in [0.05, 0.1) is 11.1 Å². The van der Waals surface area contributed by atoms with Crippen LogP contribution in [0.15, 0.2) is 229 Å². The van der Waals surface area contributed by atoms with Crippen molar-refractivity contribution in [3.8, 4) is 44.5 Å². The number of benzene rings is 10. The molecule has 2 heterocycles. The van der Waals surface area contributed by atoms with Gasteiger partial charge in [0.15, 0.2) is 0 Å². The van der Waals surface area contributed by atoms with E-state index in [9.17, 15) is 0 Å². The highest BCUT2D eigenvalue weighted by atomic mass is 32.1. The van der Waals surface area contributed by atoms with Crippen LogP contribution in [0.2, 0.25) is 0 Å². The van der Waals surface area contributed by atoms with Crippen LogP contribution in [0, 0.1) is 0 Å². The van der Waals surface area contributed by atoms with Crippen molar-refractivity contribution < 1.29 is 4.42 Å². The van der Waals surface area contributed by atoms with Crippen molar-refractivity contribution in [1.82, 2.24) is 0 Å². The summed E-state index contributed by atoms with van der Waals surface area (Å²) in [6.07, 6.45) is 0. The molecule has 0 aliphatic rings. The van der Waals surface area contributed by atoms with Crippen molar-refractivity contribution in [2.24, 2.45) is 0 Å². The van der Waals surface area contributed by atoms with Crippen LogP contribution in [0.3, 0.4) is 0 Å². The zero-order chi connectivity index (χ0) is 40.3. The number of rotatable bonds is 7. The number of nitrogens with zero attached hydrogens (tertiary/aromatic N) is 1. The van der Waals surface area contributed by atoms with Crippen molar-refractivity contribution in [1.29, 1.82) is 0 Å². The van der Waals surface area contributed by atoms with Gasteiger partial charge in [0, 0.05) is 42.3 Å². The Morgan fingerprint density at radius 1 is 0.344 bits per heavy atom. The van der Waals surface area contributed by atoms with E-state index in [-0.39, 0.29) is 0 Å². The fourth-order valence-electron chi connectivity index (χ4n) is 9.13. The molecule has 0 bridgehead atoms. The SMILES string of the molecule is c1ccc(-c2ccc(-c3ccc(N(c4cccc(-c5ccc6c(c5)sc5ccccc56)c4)c4cccc5oc6c7ccccc7ccc6c45)cc3)cc2-c2ccccc2)cc1. The molecule has 0 aliphatic heterocycles. The van der Waals surface area contributed by atoms with Gasteiger partial charge in [0.2, 0.25) is 0 Å². The van der Waals surface area contributed by atoms with E-state index in [0.717, 1.165) is 50.0 Å². The lowest BCUT2D eigenvalue weighted by Gasteiger charge is -2.27. The second-order valence-corrected chi connectivity index (χ2v) is 16.7. The molecule has 0 spiro atoms. The highest BCUT2D eigenvalue weighted by Gasteiger charge is 2.21. The van der Waals surface area contributed by atoms with Gasteiger partial charge in [0.25, 0.3) is 0 Å². The third kappa shape index (κ3) is 6.09. The van der Waals surface area contributed by atoms with Crippen LogP contribution >= 0.6 is 11.3 Å². The van der Waals surface area contributed by atoms with Gasteiger partial charge in [-0.3, -0.25) is 0 Å². The van der Waals surface area contributed by atoms with Crippen LogP contribution in [0.5, 0.6) is 0 Å². The summed E-state index contributed by atoms with van der Waals surface area (Å²) in [4.78, 5) is 2.39. The molecule has 2 nitrogen and oxygen atoms in total. The van der Waals surface area contributed by atoms with E-state index in [4.69, 9.17) is 4.42 Å². The first-order chi connectivity index (χ1) is 30.2. The van der Waals surface area contributed by atoms with Gasteiger partial charge in [-0.05, 0) is 111 Å². The smallest absolute Gasteiger partial charge is 0.143 e. The Morgan fingerprint density at radius 2 is 0.967 bits per heavy atom. The van der Waals surface area contributed by atoms with Crippen LogP contribution in [-0.4, -0.2) is 0 Å². The predicted octanol–water partition coefficient (Wildman–Crippen LogP) is 17.2. The molecule has 0 N–H and O–H groups in total. The molecular weight excluding hydrogens is 759 g/mol. The van der Waals surface area contributed by atoms with Crippen molar-refractivity contribution in [3.63, 3.8) is 0 Å². The number of furan rings is 1. The Bertz CT molecular complexity index is 3580. The number of hydrogen-bond donors (Lipinski definition) is 0. The zero-order valence-electron chi connectivity index (χ0n) is 33.1. The molecule has 0 radical (unpaired) electrons. The maximum Gasteiger partial charge on any atom is 0.143 e. The Balaban J connectivity index is 1.01. The minimum absolute atomic E-state index is 0.865. The molecule has 0 amide bonds. The lowest BCUT2D eigenvalue weighted by Crippen LogP contribution is -2.10. The van der Waals surface area contributed by atoms with Gasteiger partial charge in [-0.15, -0.1) is 11.3 Å². The van der Waals surface area contributed by atoms with E-state index in [1.54, 1.807) is 0 Å². The molecule has 0 saturated heterocycles. The molecule has 10 aromatic carbocycles. The molecule has 0 aliphatic carbocycles. The van der Waals surface area contributed by atoms with Gasteiger partial charge >= 0.3 is 0 Å². The Labute approximate surface area is 357 Å². The van der Waals surface area contributed by atoms with Crippen molar-refractivity contribution in [2.75, 3.05) is 4.90 Å².